The zero-order valence-electron chi connectivity index (χ0n) is 12.9. The summed E-state index contributed by atoms with van der Waals surface area (Å²) in [7, 11) is 0. The van der Waals surface area contributed by atoms with E-state index in [1.54, 1.807) is 0 Å². The number of nitrogens with zero attached hydrogens (tertiary/aromatic N) is 1. The van der Waals surface area contributed by atoms with Crippen LogP contribution >= 0.6 is 0 Å². The van der Waals surface area contributed by atoms with E-state index in [0.29, 0.717) is 12.0 Å². The first-order chi connectivity index (χ1) is 9.13. The molecule has 2 heteroatoms. The summed E-state index contributed by atoms with van der Waals surface area (Å²) in [5.74, 6) is 0.592. The highest BCUT2D eigenvalue weighted by Gasteiger charge is 2.22. The molecule has 1 saturated heterocycles. The second-order valence-electron chi connectivity index (χ2n) is 6.01. The lowest BCUT2D eigenvalue weighted by molar-refractivity contribution is 0.430. The van der Waals surface area contributed by atoms with Crippen LogP contribution in [0.1, 0.15) is 50.7 Å². The molecule has 0 radical (unpaired) electrons. The van der Waals surface area contributed by atoms with Gasteiger partial charge in [0, 0.05) is 24.8 Å². The lowest BCUT2D eigenvalue weighted by Crippen LogP contribution is -2.46. The van der Waals surface area contributed by atoms with Crippen molar-refractivity contribution in [3.05, 3.63) is 29.3 Å². The smallest absolute Gasteiger partial charge is 0.0431 e. The monoisotopic (exact) mass is 260 g/mol. The molecule has 2 rings (SSSR count). The molecule has 106 valence electrons. The zero-order valence-corrected chi connectivity index (χ0v) is 12.9. The summed E-state index contributed by atoms with van der Waals surface area (Å²) in [6.45, 7) is 12.5. The number of anilines is 1. The van der Waals surface area contributed by atoms with Crippen molar-refractivity contribution in [2.24, 2.45) is 0 Å². The topological polar surface area (TPSA) is 15.3 Å². The van der Waals surface area contributed by atoms with E-state index in [4.69, 9.17) is 0 Å². The maximum atomic E-state index is 3.61. The van der Waals surface area contributed by atoms with Gasteiger partial charge in [-0.3, -0.25) is 0 Å². The molecule has 1 aliphatic rings. The second-order valence-corrected chi connectivity index (χ2v) is 6.01. The average molecular weight is 260 g/mol. The molecule has 1 aliphatic heterocycles. The van der Waals surface area contributed by atoms with Crippen molar-refractivity contribution in [1.82, 2.24) is 5.32 Å². The minimum atomic E-state index is 0.592. The van der Waals surface area contributed by atoms with E-state index < -0.39 is 0 Å². The quantitative estimate of drug-likeness (QED) is 0.888. The molecular formula is C17H28N2. The predicted octanol–water partition coefficient (Wildman–Crippen LogP) is 3.70. The molecule has 0 spiro atoms. The minimum Gasteiger partial charge on any atom is -0.370 e. The lowest BCUT2D eigenvalue weighted by Gasteiger charge is -2.37. The van der Waals surface area contributed by atoms with E-state index in [1.807, 2.05) is 0 Å². The van der Waals surface area contributed by atoms with Crippen molar-refractivity contribution < 1.29 is 0 Å². The first-order valence-corrected chi connectivity index (χ1v) is 7.71. The third-order valence-corrected chi connectivity index (χ3v) is 4.12. The van der Waals surface area contributed by atoms with Crippen LogP contribution in [0.3, 0.4) is 0 Å². The highest BCUT2D eigenvalue weighted by Crippen LogP contribution is 2.32. The van der Waals surface area contributed by atoms with E-state index in [0.717, 1.165) is 13.1 Å². The molecule has 0 saturated carbocycles. The van der Waals surface area contributed by atoms with Gasteiger partial charge < -0.3 is 10.2 Å². The Bertz CT molecular complexity index is 410. The van der Waals surface area contributed by atoms with E-state index >= 15 is 0 Å². The van der Waals surface area contributed by atoms with Gasteiger partial charge in [0.1, 0.15) is 0 Å². The van der Waals surface area contributed by atoms with Crippen LogP contribution in [0.2, 0.25) is 0 Å². The van der Waals surface area contributed by atoms with Crippen molar-refractivity contribution in [2.45, 2.75) is 52.5 Å². The minimum absolute atomic E-state index is 0.592. The number of nitrogens with one attached hydrogen (secondary N) is 1. The Hall–Kier alpha value is -1.02. The summed E-state index contributed by atoms with van der Waals surface area (Å²) in [5, 5.41) is 3.61. The van der Waals surface area contributed by atoms with Gasteiger partial charge in [-0.15, -0.1) is 0 Å². The van der Waals surface area contributed by atoms with Crippen molar-refractivity contribution in [3.8, 4) is 0 Å². The van der Waals surface area contributed by atoms with Gasteiger partial charge in [-0.1, -0.05) is 39.0 Å². The van der Waals surface area contributed by atoms with Crippen LogP contribution in [0.5, 0.6) is 0 Å². The van der Waals surface area contributed by atoms with Crippen LogP contribution < -0.4 is 10.2 Å². The maximum Gasteiger partial charge on any atom is 0.0431 e. The Morgan fingerprint density at radius 1 is 1.37 bits per heavy atom. The number of para-hydroxylation sites is 1. The van der Waals surface area contributed by atoms with Gasteiger partial charge in [0.05, 0.1) is 0 Å². The molecule has 1 unspecified atom stereocenters. The van der Waals surface area contributed by atoms with Crippen molar-refractivity contribution in [2.75, 3.05) is 24.5 Å². The third kappa shape index (κ3) is 3.30. The molecular weight excluding hydrogens is 232 g/mol. The standard InChI is InChI=1S/C17H28N2/c1-5-18-15-9-7-11-19(12-15)17-14(4)8-6-10-16(17)13(2)3/h6,8,10,13,15,18H,5,7,9,11-12H2,1-4H3. The van der Waals surface area contributed by atoms with Gasteiger partial charge in [0.15, 0.2) is 0 Å². The molecule has 0 amide bonds. The highest BCUT2D eigenvalue weighted by atomic mass is 15.2. The first-order valence-electron chi connectivity index (χ1n) is 7.71. The fourth-order valence-corrected chi connectivity index (χ4v) is 3.22. The number of piperidine rings is 1. The number of rotatable bonds is 4. The molecule has 1 heterocycles. The van der Waals surface area contributed by atoms with Gasteiger partial charge in [-0.2, -0.15) is 0 Å². The summed E-state index contributed by atoms with van der Waals surface area (Å²) >= 11 is 0. The van der Waals surface area contributed by atoms with Crippen molar-refractivity contribution >= 4 is 5.69 Å². The Kier molecular flexibility index (Phi) is 4.87. The summed E-state index contributed by atoms with van der Waals surface area (Å²) in [6, 6.07) is 7.39. The summed E-state index contributed by atoms with van der Waals surface area (Å²) in [4.78, 5) is 2.60. The fourth-order valence-electron chi connectivity index (χ4n) is 3.22. The van der Waals surface area contributed by atoms with E-state index in [9.17, 15) is 0 Å². The van der Waals surface area contributed by atoms with Crippen LogP contribution in [0.15, 0.2) is 18.2 Å². The molecule has 0 aromatic heterocycles. The molecule has 2 nitrogen and oxygen atoms in total. The van der Waals surface area contributed by atoms with Crippen molar-refractivity contribution in [3.63, 3.8) is 0 Å². The Morgan fingerprint density at radius 3 is 2.84 bits per heavy atom. The second kappa shape index (κ2) is 6.42. The first kappa shape index (κ1) is 14.4. The maximum absolute atomic E-state index is 3.61. The normalized spacial score (nSPS) is 20.1. The molecule has 1 aromatic carbocycles. The molecule has 1 N–H and O–H groups in total. The number of hydrogen-bond acceptors (Lipinski definition) is 2. The van der Waals surface area contributed by atoms with Gasteiger partial charge in [0.25, 0.3) is 0 Å². The fraction of sp³-hybridized carbons (Fsp3) is 0.647. The summed E-state index contributed by atoms with van der Waals surface area (Å²) in [5.41, 5.74) is 4.40. The van der Waals surface area contributed by atoms with E-state index in [2.05, 4.69) is 56.1 Å². The van der Waals surface area contributed by atoms with Crippen LogP contribution in [0.25, 0.3) is 0 Å². The van der Waals surface area contributed by atoms with Gasteiger partial charge >= 0.3 is 0 Å². The molecule has 0 aliphatic carbocycles. The van der Waals surface area contributed by atoms with Crippen LogP contribution in [-0.4, -0.2) is 25.7 Å². The number of aryl methyl sites for hydroxylation is 1. The summed E-state index contributed by atoms with van der Waals surface area (Å²) < 4.78 is 0. The van der Waals surface area contributed by atoms with Gasteiger partial charge in [0.2, 0.25) is 0 Å². The Balaban J connectivity index is 2.25. The van der Waals surface area contributed by atoms with E-state index in [-0.39, 0.29) is 0 Å². The lowest BCUT2D eigenvalue weighted by atomic mass is 9.95. The SMILES string of the molecule is CCNC1CCCN(c2c(C)cccc2C(C)C)C1. The molecule has 1 fully saturated rings. The number of benzene rings is 1. The van der Waals surface area contributed by atoms with Gasteiger partial charge in [-0.25, -0.2) is 0 Å². The largest absolute Gasteiger partial charge is 0.370 e. The Morgan fingerprint density at radius 2 is 2.16 bits per heavy atom. The van der Waals surface area contributed by atoms with E-state index in [1.165, 1.54) is 36.2 Å². The number of hydrogen-bond donors (Lipinski definition) is 1. The molecule has 0 bridgehead atoms. The van der Waals surface area contributed by atoms with Crippen LogP contribution in [0, 0.1) is 6.92 Å². The summed E-state index contributed by atoms with van der Waals surface area (Å²) in [6.07, 6.45) is 2.61. The Labute approximate surface area is 118 Å². The van der Waals surface area contributed by atoms with Gasteiger partial charge in [-0.05, 0) is 43.4 Å². The zero-order chi connectivity index (χ0) is 13.8. The highest BCUT2D eigenvalue weighted by molar-refractivity contribution is 5.60. The predicted molar refractivity (Wildman–Crippen MR) is 84.2 cm³/mol. The van der Waals surface area contributed by atoms with Crippen LogP contribution in [-0.2, 0) is 0 Å². The molecule has 19 heavy (non-hydrogen) atoms. The number of likely N-dealkylation sites (N-methyl/N-ethyl adjacent to an activating group) is 1. The van der Waals surface area contributed by atoms with Crippen molar-refractivity contribution in [1.29, 1.82) is 0 Å². The molecule has 1 aromatic rings. The third-order valence-electron chi connectivity index (χ3n) is 4.12. The van der Waals surface area contributed by atoms with Crippen LogP contribution in [0.4, 0.5) is 5.69 Å². The molecule has 1 atom stereocenters. The average Bonchev–Trinajstić information content (AvgIpc) is 2.39.